The second-order valence-electron chi connectivity index (χ2n) is 2.81. The van der Waals surface area contributed by atoms with Crippen LogP contribution < -0.4 is 4.74 Å². The van der Waals surface area contributed by atoms with Gasteiger partial charge >= 0.3 is 5.97 Å². The van der Waals surface area contributed by atoms with E-state index < -0.39 is 17.0 Å². The van der Waals surface area contributed by atoms with Crippen molar-refractivity contribution in [1.29, 1.82) is 0 Å². The Labute approximate surface area is 89.9 Å². The molecule has 0 amide bonds. The Morgan fingerprint density at radius 2 is 2.27 bits per heavy atom. The van der Waals surface area contributed by atoms with Gasteiger partial charge in [0.1, 0.15) is 5.75 Å². The molecule has 0 aliphatic carbocycles. The van der Waals surface area contributed by atoms with Crippen molar-refractivity contribution in [2.24, 2.45) is 0 Å². The molecule has 0 radical (unpaired) electrons. The molecule has 1 atom stereocenters. The molecule has 0 aromatic heterocycles. The van der Waals surface area contributed by atoms with Gasteiger partial charge in [0.2, 0.25) is 0 Å². The van der Waals surface area contributed by atoms with Gasteiger partial charge in [-0.25, -0.2) is 4.79 Å². The molecule has 1 aromatic rings. The summed E-state index contributed by atoms with van der Waals surface area (Å²) >= 11 is -2.43. The summed E-state index contributed by atoms with van der Waals surface area (Å²) in [4.78, 5) is 10.9. The highest BCUT2D eigenvalue weighted by Gasteiger charge is 2.07. The third-order valence-electron chi connectivity index (χ3n) is 1.66. The lowest BCUT2D eigenvalue weighted by molar-refractivity contribution is -0.129. The maximum Gasteiger partial charge on any atom is 0.335 e. The molecule has 4 nitrogen and oxygen atoms in total. The number of esters is 1. The minimum absolute atomic E-state index is 0.0215. The van der Waals surface area contributed by atoms with Crippen LogP contribution in [0.15, 0.2) is 35.7 Å². The average Bonchev–Trinajstić information content (AvgIpc) is 2.17. The van der Waals surface area contributed by atoms with Crippen LogP contribution in [-0.2, 0) is 15.9 Å². The van der Waals surface area contributed by atoms with Crippen molar-refractivity contribution in [3.63, 3.8) is 0 Å². The molecule has 0 fully saturated rings. The van der Waals surface area contributed by atoms with Crippen LogP contribution in [0.25, 0.3) is 0 Å². The van der Waals surface area contributed by atoms with E-state index in [1.54, 1.807) is 13.0 Å². The molecule has 1 rings (SSSR count). The van der Waals surface area contributed by atoms with E-state index in [1.165, 1.54) is 12.1 Å². The lowest BCUT2D eigenvalue weighted by Gasteiger charge is -2.11. The zero-order valence-electron chi connectivity index (χ0n) is 8.06. The topological polar surface area (TPSA) is 66.4 Å². The fraction of sp³-hybridized carbons (Fsp3) is 0.100. The number of carbonyl (C=O) groups is 1. The van der Waals surface area contributed by atoms with Crippen molar-refractivity contribution in [2.75, 3.05) is 0 Å². The zero-order chi connectivity index (χ0) is 11.4. The van der Waals surface area contributed by atoms with E-state index in [9.17, 15) is 13.6 Å². The Hall–Kier alpha value is -1.46. The Kier molecular flexibility index (Phi) is 3.76. The molecule has 0 aliphatic heterocycles. The van der Waals surface area contributed by atoms with E-state index in [0.29, 0.717) is 0 Å². The van der Waals surface area contributed by atoms with Crippen LogP contribution in [0.4, 0.5) is 0 Å². The van der Waals surface area contributed by atoms with E-state index in [2.05, 4.69) is 6.58 Å². The Morgan fingerprint density at radius 1 is 1.60 bits per heavy atom. The first-order valence-corrected chi connectivity index (χ1v) is 5.16. The molecular formula is C10H9O4S-. The summed E-state index contributed by atoms with van der Waals surface area (Å²) in [6.07, 6.45) is 0.972. The summed E-state index contributed by atoms with van der Waals surface area (Å²) in [5, 5.41) is 0. The number of hydrogen-bond acceptors (Lipinski definition) is 4. The highest BCUT2D eigenvalue weighted by molar-refractivity contribution is 7.79. The standard InChI is InChI=1S/C10H10O4S/c1-3-10(11)14-8-6-7(2)4-5-9(8)15(12)13/h3-6H,1H2,2H3,(H,12,13)/p-1. The smallest absolute Gasteiger partial charge is 0.335 e. The van der Waals surface area contributed by atoms with Gasteiger partial charge in [0.25, 0.3) is 0 Å². The van der Waals surface area contributed by atoms with Crippen molar-refractivity contribution >= 4 is 17.0 Å². The summed E-state index contributed by atoms with van der Waals surface area (Å²) in [5.41, 5.74) is 0.802. The van der Waals surface area contributed by atoms with Crippen molar-refractivity contribution in [3.8, 4) is 5.75 Å². The van der Waals surface area contributed by atoms with Gasteiger partial charge in [-0.2, -0.15) is 0 Å². The molecule has 0 bridgehead atoms. The molecule has 0 aliphatic rings. The van der Waals surface area contributed by atoms with Gasteiger partial charge in [-0.05, 0) is 35.7 Å². The maximum absolute atomic E-state index is 10.9. The molecule has 0 heterocycles. The second-order valence-corrected chi connectivity index (χ2v) is 3.72. The van der Waals surface area contributed by atoms with E-state index in [4.69, 9.17) is 4.74 Å². The van der Waals surface area contributed by atoms with E-state index in [0.717, 1.165) is 11.6 Å². The number of carbonyl (C=O) groups excluding carboxylic acids is 1. The molecular weight excluding hydrogens is 216 g/mol. The third-order valence-corrected chi connectivity index (χ3v) is 2.35. The Balaban J connectivity index is 3.12. The van der Waals surface area contributed by atoms with Crippen LogP contribution in [-0.4, -0.2) is 14.7 Å². The number of rotatable bonds is 3. The summed E-state index contributed by atoms with van der Waals surface area (Å²) in [6.45, 7) is 4.99. The molecule has 0 saturated heterocycles. The van der Waals surface area contributed by atoms with E-state index >= 15 is 0 Å². The first-order chi connectivity index (χ1) is 7.04. The predicted molar refractivity (Wildman–Crippen MR) is 54.2 cm³/mol. The third kappa shape index (κ3) is 3.00. The van der Waals surface area contributed by atoms with Crippen molar-refractivity contribution in [1.82, 2.24) is 0 Å². The summed E-state index contributed by atoms with van der Waals surface area (Å²) in [7, 11) is 0. The lowest BCUT2D eigenvalue weighted by Crippen LogP contribution is -2.06. The molecule has 1 aromatic carbocycles. The lowest BCUT2D eigenvalue weighted by atomic mass is 10.2. The number of hydrogen-bond donors (Lipinski definition) is 0. The molecule has 5 heteroatoms. The molecule has 0 saturated carbocycles. The predicted octanol–water partition coefficient (Wildman–Crippen LogP) is 1.32. The van der Waals surface area contributed by atoms with Gasteiger partial charge in [0.15, 0.2) is 0 Å². The summed E-state index contributed by atoms with van der Waals surface area (Å²) in [6, 6.07) is 4.48. The highest BCUT2D eigenvalue weighted by Crippen LogP contribution is 2.23. The first kappa shape index (κ1) is 11.6. The molecule has 80 valence electrons. The normalized spacial score (nSPS) is 11.9. The van der Waals surface area contributed by atoms with E-state index in [1.807, 2.05) is 0 Å². The molecule has 0 spiro atoms. The fourth-order valence-corrected chi connectivity index (χ4v) is 1.43. The van der Waals surface area contributed by atoms with Gasteiger partial charge in [0.05, 0.1) is 4.90 Å². The minimum atomic E-state index is -2.43. The first-order valence-electron chi connectivity index (χ1n) is 4.08. The van der Waals surface area contributed by atoms with Crippen LogP contribution in [0.2, 0.25) is 0 Å². The van der Waals surface area contributed by atoms with Crippen molar-refractivity contribution in [2.45, 2.75) is 11.8 Å². The molecule has 0 N–H and O–H groups in total. The van der Waals surface area contributed by atoms with Crippen LogP contribution in [0.1, 0.15) is 5.56 Å². The van der Waals surface area contributed by atoms with Gasteiger partial charge in [-0.1, -0.05) is 12.6 Å². The van der Waals surface area contributed by atoms with Crippen molar-refractivity contribution < 1.29 is 18.3 Å². The van der Waals surface area contributed by atoms with Crippen molar-refractivity contribution in [3.05, 3.63) is 36.4 Å². The average molecular weight is 225 g/mol. The minimum Gasteiger partial charge on any atom is -0.768 e. The number of aryl methyl sites for hydroxylation is 1. The van der Waals surface area contributed by atoms with Gasteiger partial charge in [0, 0.05) is 6.08 Å². The highest BCUT2D eigenvalue weighted by atomic mass is 32.2. The SMILES string of the molecule is C=CC(=O)Oc1cc(C)ccc1S(=O)[O-]. The van der Waals surface area contributed by atoms with Crippen LogP contribution in [0.3, 0.4) is 0 Å². The molecule has 15 heavy (non-hydrogen) atoms. The summed E-state index contributed by atoms with van der Waals surface area (Å²) in [5.74, 6) is -0.666. The maximum atomic E-state index is 10.9. The quantitative estimate of drug-likeness (QED) is 0.337. The zero-order valence-corrected chi connectivity index (χ0v) is 8.87. The van der Waals surface area contributed by atoms with Crippen LogP contribution in [0.5, 0.6) is 5.75 Å². The van der Waals surface area contributed by atoms with Gasteiger partial charge in [-0.15, -0.1) is 0 Å². The van der Waals surface area contributed by atoms with Crippen LogP contribution >= 0.6 is 0 Å². The van der Waals surface area contributed by atoms with E-state index in [-0.39, 0.29) is 10.6 Å². The number of ether oxygens (including phenoxy) is 1. The van der Waals surface area contributed by atoms with Gasteiger partial charge in [-0.3, -0.25) is 4.21 Å². The largest absolute Gasteiger partial charge is 0.768 e. The van der Waals surface area contributed by atoms with Gasteiger partial charge < -0.3 is 9.29 Å². The summed E-state index contributed by atoms with van der Waals surface area (Å²) < 4.78 is 26.4. The Morgan fingerprint density at radius 3 is 2.80 bits per heavy atom. The second kappa shape index (κ2) is 4.86. The Bertz CT molecular complexity index is 425. The van der Waals surface area contributed by atoms with Crippen LogP contribution in [0, 0.1) is 6.92 Å². The molecule has 1 unspecified atom stereocenters. The monoisotopic (exact) mass is 225 g/mol. The number of benzene rings is 1. The fourth-order valence-electron chi connectivity index (χ4n) is 0.983.